The van der Waals surface area contributed by atoms with Gasteiger partial charge < -0.3 is 10.2 Å². The average Bonchev–Trinajstić information content (AvgIpc) is 0.696. The zero-order valence-electron chi connectivity index (χ0n) is 40.2. The van der Waals surface area contributed by atoms with Gasteiger partial charge in [0.25, 0.3) is 0 Å². The molecule has 0 aliphatic heterocycles. The highest BCUT2D eigenvalue weighted by atomic mass is 19.4. The van der Waals surface area contributed by atoms with Crippen LogP contribution < -0.4 is 0 Å². The molecule has 1 rings (SSSR count). The van der Waals surface area contributed by atoms with E-state index in [1.54, 1.807) is 0 Å². The molecule has 0 saturated heterocycles. The van der Waals surface area contributed by atoms with Crippen molar-refractivity contribution in [2.75, 3.05) is 13.1 Å². The van der Waals surface area contributed by atoms with E-state index in [-0.39, 0.29) is 6.92 Å². The lowest BCUT2D eigenvalue weighted by atomic mass is 9.80. The van der Waals surface area contributed by atoms with Crippen LogP contribution in [-0.2, 0) is 0 Å². The van der Waals surface area contributed by atoms with Gasteiger partial charge in [-0.3, -0.25) is 9.80 Å². The van der Waals surface area contributed by atoms with Gasteiger partial charge in [-0.2, -0.15) is 193 Å². The summed E-state index contributed by atoms with van der Waals surface area (Å²) in [6, 6.07) is -6.92. The zero-order valence-corrected chi connectivity index (χ0v) is 40.2. The van der Waals surface area contributed by atoms with Crippen molar-refractivity contribution in [3.8, 4) is 0 Å². The lowest BCUT2D eigenvalue weighted by molar-refractivity contribution is -0.476. The summed E-state index contributed by atoms with van der Waals surface area (Å²) >= 11 is 0. The van der Waals surface area contributed by atoms with E-state index in [0.717, 1.165) is 0 Å². The Labute approximate surface area is 454 Å². The highest BCUT2D eigenvalue weighted by molar-refractivity contribution is 5.67. The molecule has 530 valence electrons. The van der Waals surface area contributed by atoms with Gasteiger partial charge in [0.1, 0.15) is 0 Å². The molecule has 89 heavy (non-hydrogen) atoms. The lowest BCUT2D eigenvalue weighted by Gasteiger charge is -2.47. The van der Waals surface area contributed by atoms with Crippen molar-refractivity contribution in [1.29, 1.82) is 0 Å². The molecule has 2 amide bonds. The third-order valence-corrected chi connectivity index (χ3v) is 12.8. The van der Waals surface area contributed by atoms with Crippen molar-refractivity contribution < 1.29 is 231 Å². The molecule has 2 N–H and O–H groups in total. The van der Waals surface area contributed by atoms with Crippen molar-refractivity contribution in [3.05, 3.63) is 0 Å². The largest absolute Gasteiger partial charge is 0.465 e. The Bertz CT molecular complexity index is 2540. The van der Waals surface area contributed by atoms with Gasteiger partial charge in [-0.05, 0) is 25.2 Å². The number of carboxylic acid groups (broad SMARTS) is 2. The molecule has 0 radical (unpaired) electrons. The van der Waals surface area contributed by atoms with E-state index in [9.17, 15) is 213 Å². The Hall–Kier alpha value is -4.82. The van der Waals surface area contributed by atoms with Crippen LogP contribution in [0.2, 0.25) is 0 Å². The molecule has 54 heteroatoms. The number of hydrogen-bond donors (Lipinski definition) is 2. The minimum atomic E-state index is -10.0. The number of nitrogens with zero attached hydrogens (tertiary/aromatic N) is 2. The Kier molecular flexibility index (Phi) is 20.5. The fraction of sp³-hybridized carbons (Fsp3) is 0.943. The molecule has 1 aliphatic rings. The monoisotopic (exact) mass is 1440 g/mol. The Morgan fingerprint density at radius 2 is 0.494 bits per heavy atom. The molecule has 1 fully saturated rings. The summed E-state index contributed by atoms with van der Waals surface area (Å²) in [7, 11) is 0. The van der Waals surface area contributed by atoms with Crippen molar-refractivity contribution in [2.24, 2.45) is 5.92 Å². The molecule has 1 saturated carbocycles. The van der Waals surface area contributed by atoms with Crippen molar-refractivity contribution in [3.63, 3.8) is 0 Å². The molecule has 0 bridgehead atoms. The number of hydrogen-bond acceptors (Lipinski definition) is 2. The van der Waals surface area contributed by atoms with Gasteiger partial charge in [0.2, 0.25) is 0 Å². The van der Waals surface area contributed by atoms with Crippen LogP contribution in [-0.4, -0.2) is 201 Å². The smallest absolute Gasteiger partial charge is 0.407 e. The fourth-order valence-corrected chi connectivity index (χ4v) is 7.21. The third kappa shape index (κ3) is 10.7. The molecule has 0 aromatic rings. The maximum Gasteiger partial charge on any atom is 0.407 e. The summed E-state index contributed by atoms with van der Waals surface area (Å²) < 4.78 is 673. The van der Waals surface area contributed by atoms with E-state index in [1.807, 2.05) is 0 Å². The van der Waals surface area contributed by atoms with Crippen LogP contribution in [0.1, 0.15) is 26.2 Å². The molecule has 6 nitrogen and oxygen atoms in total. The maximum atomic E-state index is 15.1. The molecular formula is C35H20F48N2O4. The first-order chi connectivity index (χ1) is 38.1. The molecular weight excluding hydrogens is 1420 g/mol. The molecule has 0 aromatic carbocycles. The summed E-state index contributed by atoms with van der Waals surface area (Å²) in [5, 5.41) is 18.7. The van der Waals surface area contributed by atoms with Crippen LogP contribution >= 0.6 is 0 Å². The number of amides is 2. The average molecular weight is 1440 g/mol. The van der Waals surface area contributed by atoms with Gasteiger partial charge in [0.15, 0.2) is 0 Å². The minimum Gasteiger partial charge on any atom is -0.465 e. The fourth-order valence-electron chi connectivity index (χ4n) is 7.21. The molecule has 0 spiro atoms. The Morgan fingerprint density at radius 1 is 0.315 bits per heavy atom. The van der Waals surface area contributed by atoms with Crippen LogP contribution in [0.15, 0.2) is 0 Å². The predicted molar refractivity (Wildman–Crippen MR) is 181 cm³/mol. The second kappa shape index (κ2) is 22.2. The SMILES string of the molecule is CC1CCC(N(CC(F)(F)C(F)(F)C(F)(F)C(F)(F)C(F)(F)C(F)(F)C(F)(F)C(F)(F)C(F)(F)C(F)(F)C(F)(F)C(F)F)C(=O)O)CC1N(CC(F)(F)C(F)(F)C(F)(F)C(F)(F)C(F)(F)C(F)(F)C(F)(F)C(F)(F)C(F)(F)C(F)(F)C(F)(F)C(F)F)C(=O)O. The van der Waals surface area contributed by atoms with Gasteiger partial charge in [-0.1, -0.05) is 6.92 Å². The molecule has 3 unspecified atom stereocenters. The van der Waals surface area contributed by atoms with Gasteiger partial charge >= 0.3 is 155 Å². The van der Waals surface area contributed by atoms with Crippen molar-refractivity contribution in [1.82, 2.24) is 9.80 Å². The Morgan fingerprint density at radius 3 is 0.685 bits per heavy atom. The summed E-state index contributed by atoms with van der Waals surface area (Å²) in [5.41, 5.74) is 0. The number of halogens is 48. The molecule has 0 heterocycles. The summed E-state index contributed by atoms with van der Waals surface area (Å²) in [6.07, 6.45) is -26.4. The first-order valence-corrected chi connectivity index (χ1v) is 21.0. The quantitative estimate of drug-likeness (QED) is 0.0765. The van der Waals surface area contributed by atoms with Gasteiger partial charge in [0, 0.05) is 12.1 Å². The first-order valence-electron chi connectivity index (χ1n) is 21.0. The number of alkyl halides is 48. The van der Waals surface area contributed by atoms with E-state index < -0.39 is 215 Å². The van der Waals surface area contributed by atoms with E-state index in [0.29, 0.717) is 0 Å². The highest BCUT2D eigenvalue weighted by Gasteiger charge is 3.01. The van der Waals surface area contributed by atoms with E-state index in [1.165, 1.54) is 0 Å². The van der Waals surface area contributed by atoms with E-state index in [4.69, 9.17) is 0 Å². The number of rotatable bonds is 28. The first kappa shape index (κ1) is 82.2. The topological polar surface area (TPSA) is 81.1 Å². The van der Waals surface area contributed by atoms with Crippen molar-refractivity contribution in [2.45, 2.75) is 181 Å². The number of carbonyl (C=O) groups is 2. The molecule has 3 atom stereocenters. The van der Waals surface area contributed by atoms with Crippen LogP contribution in [0.3, 0.4) is 0 Å². The van der Waals surface area contributed by atoms with Crippen LogP contribution in [0.5, 0.6) is 0 Å². The molecule has 1 aliphatic carbocycles. The Balaban J connectivity index is 3.99. The predicted octanol–water partition coefficient (Wildman–Crippen LogP) is 17.0. The third-order valence-electron chi connectivity index (χ3n) is 12.8. The summed E-state index contributed by atoms with van der Waals surface area (Å²) in [5.74, 6) is -209. The van der Waals surface area contributed by atoms with Crippen LogP contribution in [0.4, 0.5) is 220 Å². The van der Waals surface area contributed by atoms with Gasteiger partial charge in [0.05, 0.1) is 13.1 Å². The maximum absolute atomic E-state index is 15.1. The highest BCUT2D eigenvalue weighted by Crippen LogP contribution is 2.70. The standard InChI is InChI=1S/C35H20F48N2O4/c1-7-2-3-8(84(12(86)87)5-14(40,41)18(48,49)22(56,57)26(64,65)30(72,73)34(80,81)32(76,77)28(68,69)24(60,61)20(52,53)16(44,45)10(36)37)4-9(7)85(13(88)89)6-15(42,43)19(50,51)23(58,59)27(66,67)31(74,75)35(82,83)33(78,79)29(70,71)25(62,63)21(54,55)17(46,47)11(38)39/h7-11H,2-6H2,1H3,(H,86,87)(H,88,89). The molecule has 0 aromatic heterocycles. The lowest BCUT2D eigenvalue weighted by Crippen LogP contribution is -2.78. The summed E-state index contributed by atoms with van der Waals surface area (Å²) in [6.45, 7) is -8.61. The van der Waals surface area contributed by atoms with Crippen LogP contribution in [0.25, 0.3) is 0 Å². The minimum absolute atomic E-state index is 0.180. The second-order valence-corrected chi connectivity index (χ2v) is 18.4. The summed E-state index contributed by atoms with van der Waals surface area (Å²) in [4.78, 5) is 20.1. The zero-order chi connectivity index (χ0) is 72.7. The van der Waals surface area contributed by atoms with E-state index >= 15 is 17.6 Å². The van der Waals surface area contributed by atoms with Gasteiger partial charge in [-0.15, -0.1) is 0 Å². The van der Waals surface area contributed by atoms with E-state index in [2.05, 4.69) is 0 Å². The second-order valence-electron chi connectivity index (χ2n) is 18.4. The van der Waals surface area contributed by atoms with Crippen molar-refractivity contribution >= 4 is 12.2 Å². The van der Waals surface area contributed by atoms with Crippen LogP contribution in [0, 0.1) is 5.92 Å². The normalized spacial score (nSPS) is 19.7. The van der Waals surface area contributed by atoms with Gasteiger partial charge in [-0.25, -0.2) is 27.2 Å².